The molecule has 0 aliphatic heterocycles. The lowest BCUT2D eigenvalue weighted by Gasteiger charge is -2.38. The van der Waals surface area contributed by atoms with Crippen molar-refractivity contribution in [3.05, 3.63) is 0 Å². The van der Waals surface area contributed by atoms with Gasteiger partial charge in [0.25, 0.3) is 0 Å². The Kier molecular flexibility index (Phi) is 15.3. The Morgan fingerprint density at radius 3 is 1.59 bits per heavy atom. The van der Waals surface area contributed by atoms with E-state index in [0.29, 0.717) is 5.16 Å². The van der Waals surface area contributed by atoms with E-state index in [1.807, 2.05) is 0 Å². The smallest absolute Gasteiger partial charge is 0.0122 e. The fraction of sp³-hybridized carbons (Fsp3) is 1.00. The first-order valence-corrected chi connectivity index (χ1v) is 11.0. The van der Waals surface area contributed by atoms with Gasteiger partial charge in [-0.15, -0.1) is 9.24 Å². The van der Waals surface area contributed by atoms with Gasteiger partial charge in [-0.3, -0.25) is 0 Å². The van der Waals surface area contributed by atoms with Crippen molar-refractivity contribution in [1.29, 1.82) is 0 Å². The van der Waals surface area contributed by atoms with Crippen LogP contribution in [0.5, 0.6) is 0 Å². The molecule has 0 aromatic carbocycles. The minimum atomic E-state index is 0.533. The van der Waals surface area contributed by atoms with E-state index in [9.17, 15) is 0 Å². The van der Waals surface area contributed by atoms with Crippen molar-refractivity contribution < 1.29 is 0 Å². The van der Waals surface area contributed by atoms with Crippen molar-refractivity contribution >= 4 is 9.24 Å². The van der Waals surface area contributed by atoms with Crippen LogP contribution < -0.4 is 0 Å². The zero-order valence-corrected chi connectivity index (χ0v) is 17.4. The molecule has 134 valence electrons. The number of rotatable bonds is 16. The predicted octanol–water partition coefficient (Wildman–Crippen LogP) is 8.15. The molecular weight excluding hydrogens is 283 g/mol. The molecule has 1 heteroatoms. The Balaban J connectivity index is 4.40. The third kappa shape index (κ3) is 10.3. The lowest BCUT2D eigenvalue weighted by atomic mass is 9.77. The highest BCUT2D eigenvalue weighted by molar-refractivity contribution is 7.19. The maximum Gasteiger partial charge on any atom is -0.0122 e. The van der Waals surface area contributed by atoms with Gasteiger partial charge in [0.05, 0.1) is 0 Å². The Labute approximate surface area is 144 Å². The highest BCUT2D eigenvalue weighted by Crippen LogP contribution is 2.43. The zero-order valence-electron chi connectivity index (χ0n) is 16.3. The number of hydrogen-bond acceptors (Lipinski definition) is 0. The van der Waals surface area contributed by atoms with Gasteiger partial charge in [-0.05, 0) is 36.8 Å². The van der Waals surface area contributed by atoms with Crippen molar-refractivity contribution in [3.8, 4) is 0 Å². The Morgan fingerprint density at radius 1 is 0.591 bits per heavy atom. The highest BCUT2D eigenvalue weighted by Gasteiger charge is 2.32. The minimum Gasteiger partial charge on any atom is -0.131 e. The fourth-order valence-corrected chi connectivity index (χ4v) is 4.53. The summed E-state index contributed by atoms with van der Waals surface area (Å²) < 4.78 is 0. The van der Waals surface area contributed by atoms with Crippen molar-refractivity contribution in [1.82, 2.24) is 0 Å². The number of hydrogen-bond donors (Lipinski definition) is 0. The summed E-state index contributed by atoms with van der Waals surface area (Å²) >= 11 is 0. The lowest BCUT2D eigenvalue weighted by molar-refractivity contribution is 0.278. The third-order valence-corrected chi connectivity index (χ3v) is 6.40. The van der Waals surface area contributed by atoms with Crippen LogP contribution in [0.3, 0.4) is 0 Å². The Hall–Kier alpha value is 0.430. The van der Waals surface area contributed by atoms with Crippen LogP contribution in [0.4, 0.5) is 0 Å². The molecule has 0 bridgehead atoms. The Morgan fingerprint density at radius 2 is 1.09 bits per heavy atom. The van der Waals surface area contributed by atoms with Crippen LogP contribution in [0, 0.1) is 5.92 Å². The van der Waals surface area contributed by atoms with E-state index in [4.69, 9.17) is 0 Å². The SMILES string of the molecule is CCCCCCCCC(CCC)C(P)(CCCC)CCCC. The molecule has 0 N–H and O–H groups in total. The zero-order chi connectivity index (χ0) is 16.7. The van der Waals surface area contributed by atoms with Gasteiger partial charge < -0.3 is 0 Å². The topological polar surface area (TPSA) is 0 Å². The molecule has 0 radical (unpaired) electrons. The van der Waals surface area contributed by atoms with Crippen molar-refractivity contribution in [2.24, 2.45) is 5.92 Å². The van der Waals surface area contributed by atoms with Crippen molar-refractivity contribution in [2.45, 2.75) is 129 Å². The first-order chi connectivity index (χ1) is 10.6. The van der Waals surface area contributed by atoms with Crippen molar-refractivity contribution in [3.63, 3.8) is 0 Å². The number of unbranched alkanes of at least 4 members (excludes halogenated alkanes) is 7. The minimum absolute atomic E-state index is 0.533. The van der Waals surface area contributed by atoms with Crippen LogP contribution in [-0.4, -0.2) is 5.16 Å². The standard InChI is InChI=1S/C21H45P/c1-5-9-12-13-14-15-17-20(16-8-4)21(22,18-10-6-2)19-11-7-3/h20H,5-19,22H2,1-4H3. The average Bonchev–Trinajstić information content (AvgIpc) is 2.53. The molecular formula is C21H45P. The van der Waals surface area contributed by atoms with Crippen LogP contribution in [0.1, 0.15) is 124 Å². The molecule has 0 aromatic rings. The monoisotopic (exact) mass is 328 g/mol. The van der Waals surface area contributed by atoms with Gasteiger partial charge in [0.15, 0.2) is 0 Å². The Bertz CT molecular complexity index is 216. The van der Waals surface area contributed by atoms with Crippen LogP contribution in [0.2, 0.25) is 0 Å². The molecule has 0 spiro atoms. The van der Waals surface area contributed by atoms with Gasteiger partial charge in [-0.2, -0.15) is 0 Å². The summed E-state index contributed by atoms with van der Waals surface area (Å²) in [5.74, 6) is 0.937. The van der Waals surface area contributed by atoms with Crippen LogP contribution in [0.25, 0.3) is 0 Å². The summed E-state index contributed by atoms with van der Waals surface area (Å²) in [4.78, 5) is 0. The van der Waals surface area contributed by atoms with Gasteiger partial charge in [0.1, 0.15) is 0 Å². The van der Waals surface area contributed by atoms with E-state index < -0.39 is 0 Å². The maximum atomic E-state index is 3.34. The highest BCUT2D eigenvalue weighted by atomic mass is 31.0. The maximum absolute atomic E-state index is 3.34. The molecule has 0 saturated carbocycles. The van der Waals surface area contributed by atoms with Gasteiger partial charge in [-0.1, -0.05) is 98.3 Å². The molecule has 2 unspecified atom stereocenters. The third-order valence-electron chi connectivity index (χ3n) is 5.35. The summed E-state index contributed by atoms with van der Waals surface area (Å²) in [6, 6.07) is 0. The summed E-state index contributed by atoms with van der Waals surface area (Å²) in [5.41, 5.74) is 0. The summed E-state index contributed by atoms with van der Waals surface area (Å²) in [6.07, 6.45) is 21.2. The summed E-state index contributed by atoms with van der Waals surface area (Å²) in [6.45, 7) is 9.36. The van der Waals surface area contributed by atoms with E-state index in [2.05, 4.69) is 36.9 Å². The van der Waals surface area contributed by atoms with Gasteiger partial charge in [-0.25, -0.2) is 0 Å². The predicted molar refractivity (Wildman–Crippen MR) is 108 cm³/mol. The van der Waals surface area contributed by atoms with E-state index in [1.54, 1.807) is 0 Å². The quantitative estimate of drug-likeness (QED) is 0.198. The molecule has 22 heavy (non-hydrogen) atoms. The molecule has 0 heterocycles. The van der Waals surface area contributed by atoms with Crippen LogP contribution in [-0.2, 0) is 0 Å². The largest absolute Gasteiger partial charge is 0.131 e. The average molecular weight is 329 g/mol. The van der Waals surface area contributed by atoms with Gasteiger partial charge >= 0.3 is 0 Å². The molecule has 0 aliphatic carbocycles. The second kappa shape index (κ2) is 15.0. The van der Waals surface area contributed by atoms with Crippen molar-refractivity contribution in [2.75, 3.05) is 0 Å². The van der Waals surface area contributed by atoms with Gasteiger partial charge in [0, 0.05) is 0 Å². The first kappa shape index (κ1) is 22.4. The molecule has 2 atom stereocenters. The second-order valence-corrected chi connectivity index (χ2v) is 8.63. The van der Waals surface area contributed by atoms with E-state index in [-0.39, 0.29) is 0 Å². The molecule has 0 fully saturated rings. The van der Waals surface area contributed by atoms with Crippen LogP contribution >= 0.6 is 9.24 Å². The lowest BCUT2D eigenvalue weighted by Crippen LogP contribution is -2.31. The van der Waals surface area contributed by atoms with Gasteiger partial charge in [0.2, 0.25) is 0 Å². The summed E-state index contributed by atoms with van der Waals surface area (Å²) in [5, 5.41) is 0.533. The molecule has 0 aromatic heterocycles. The summed E-state index contributed by atoms with van der Waals surface area (Å²) in [7, 11) is 3.34. The molecule has 0 aliphatic rings. The van der Waals surface area contributed by atoms with E-state index >= 15 is 0 Å². The normalized spacial score (nSPS) is 13.5. The molecule has 0 rings (SSSR count). The van der Waals surface area contributed by atoms with E-state index in [0.717, 1.165) is 5.92 Å². The fourth-order valence-electron chi connectivity index (χ4n) is 3.78. The van der Waals surface area contributed by atoms with E-state index in [1.165, 1.54) is 96.3 Å². The second-order valence-electron chi connectivity index (χ2n) is 7.48. The first-order valence-electron chi connectivity index (χ1n) is 10.4. The van der Waals surface area contributed by atoms with Crippen LogP contribution in [0.15, 0.2) is 0 Å². The molecule has 0 amide bonds. The molecule has 0 saturated heterocycles. The molecule has 0 nitrogen and oxygen atoms in total.